The Kier molecular flexibility index (Phi) is 5.48. The van der Waals surface area contributed by atoms with Gasteiger partial charge >= 0.3 is 12.0 Å². The van der Waals surface area contributed by atoms with Gasteiger partial charge in [0.15, 0.2) is 0 Å². The SMILES string of the molecule is CC(C)CC(CNC(=O)NCC(C1CC1)C1CC1)C(=O)O. The third-order valence-corrected chi connectivity index (χ3v) is 4.57. The summed E-state index contributed by atoms with van der Waals surface area (Å²) in [5.41, 5.74) is 0. The van der Waals surface area contributed by atoms with Gasteiger partial charge in [0.1, 0.15) is 0 Å². The molecule has 0 aromatic heterocycles. The van der Waals surface area contributed by atoms with Crippen LogP contribution in [0, 0.1) is 29.6 Å². The van der Waals surface area contributed by atoms with Crippen LogP contribution in [-0.2, 0) is 4.79 Å². The second-order valence-electron chi connectivity index (χ2n) is 7.09. The van der Waals surface area contributed by atoms with E-state index < -0.39 is 11.9 Å². The van der Waals surface area contributed by atoms with E-state index in [0.717, 1.165) is 18.4 Å². The van der Waals surface area contributed by atoms with E-state index in [-0.39, 0.29) is 12.6 Å². The first kappa shape index (κ1) is 16.1. The van der Waals surface area contributed by atoms with Crippen molar-refractivity contribution in [2.75, 3.05) is 13.1 Å². The quantitative estimate of drug-likeness (QED) is 0.611. The van der Waals surface area contributed by atoms with Crippen molar-refractivity contribution in [1.82, 2.24) is 10.6 Å². The molecular weight excluding hydrogens is 268 g/mol. The maximum absolute atomic E-state index is 11.8. The highest BCUT2D eigenvalue weighted by molar-refractivity contribution is 5.75. The largest absolute Gasteiger partial charge is 0.481 e. The number of hydrogen-bond donors (Lipinski definition) is 3. The zero-order chi connectivity index (χ0) is 15.4. The molecule has 0 aromatic rings. The maximum Gasteiger partial charge on any atom is 0.314 e. The van der Waals surface area contributed by atoms with Gasteiger partial charge in [-0.2, -0.15) is 0 Å². The number of nitrogens with one attached hydrogen (secondary N) is 2. The summed E-state index contributed by atoms with van der Waals surface area (Å²) in [6, 6.07) is -0.226. The molecule has 5 heteroatoms. The summed E-state index contributed by atoms with van der Waals surface area (Å²) in [7, 11) is 0. The number of aliphatic carboxylic acids is 1. The van der Waals surface area contributed by atoms with Gasteiger partial charge < -0.3 is 15.7 Å². The Balaban J connectivity index is 1.67. The van der Waals surface area contributed by atoms with Crippen molar-refractivity contribution in [3.05, 3.63) is 0 Å². The zero-order valence-electron chi connectivity index (χ0n) is 13.1. The van der Waals surface area contributed by atoms with Crippen LogP contribution in [-0.4, -0.2) is 30.2 Å². The van der Waals surface area contributed by atoms with Crippen molar-refractivity contribution in [3.63, 3.8) is 0 Å². The molecule has 2 saturated carbocycles. The van der Waals surface area contributed by atoms with Crippen molar-refractivity contribution in [2.45, 2.75) is 46.0 Å². The fourth-order valence-electron chi connectivity index (χ4n) is 3.10. The molecule has 2 aliphatic carbocycles. The number of carboxylic acid groups (broad SMARTS) is 1. The third-order valence-electron chi connectivity index (χ3n) is 4.57. The van der Waals surface area contributed by atoms with Crippen LogP contribution in [0.2, 0.25) is 0 Å². The van der Waals surface area contributed by atoms with E-state index in [2.05, 4.69) is 10.6 Å². The number of urea groups is 1. The minimum Gasteiger partial charge on any atom is -0.481 e. The average molecular weight is 296 g/mol. The van der Waals surface area contributed by atoms with Gasteiger partial charge in [-0.25, -0.2) is 4.79 Å². The molecule has 0 radical (unpaired) electrons. The molecule has 2 amide bonds. The van der Waals surface area contributed by atoms with Crippen LogP contribution < -0.4 is 10.6 Å². The Morgan fingerprint density at radius 1 is 1.05 bits per heavy atom. The number of carboxylic acids is 1. The lowest BCUT2D eigenvalue weighted by Crippen LogP contribution is -2.42. The molecule has 0 bridgehead atoms. The van der Waals surface area contributed by atoms with Crippen LogP contribution in [0.4, 0.5) is 4.79 Å². The standard InChI is InChI=1S/C16H28N2O3/c1-10(2)7-13(15(19)20)8-17-16(21)18-9-14(11-3-4-11)12-5-6-12/h10-14H,3-9H2,1-2H3,(H,19,20)(H2,17,18,21). The highest BCUT2D eigenvalue weighted by Crippen LogP contribution is 2.48. The third kappa shape index (κ3) is 5.56. The Bertz CT molecular complexity index is 364. The predicted octanol–water partition coefficient (Wildman–Crippen LogP) is 2.47. The summed E-state index contributed by atoms with van der Waals surface area (Å²) >= 11 is 0. The van der Waals surface area contributed by atoms with Gasteiger partial charge in [-0.1, -0.05) is 13.8 Å². The Morgan fingerprint density at radius 3 is 2.00 bits per heavy atom. The summed E-state index contributed by atoms with van der Waals surface area (Å²) in [6.07, 6.45) is 5.81. The van der Waals surface area contributed by atoms with Crippen LogP contribution in [0.5, 0.6) is 0 Å². The fraction of sp³-hybridized carbons (Fsp3) is 0.875. The molecule has 0 heterocycles. The van der Waals surface area contributed by atoms with Crippen LogP contribution in [0.3, 0.4) is 0 Å². The normalized spacial score (nSPS) is 19.6. The number of carbonyl (C=O) groups is 2. The van der Waals surface area contributed by atoms with E-state index in [9.17, 15) is 9.59 Å². The van der Waals surface area contributed by atoms with Crippen molar-refractivity contribution >= 4 is 12.0 Å². The van der Waals surface area contributed by atoms with Gasteiger partial charge in [-0.3, -0.25) is 4.79 Å². The van der Waals surface area contributed by atoms with Crippen LogP contribution >= 0.6 is 0 Å². The lowest BCUT2D eigenvalue weighted by atomic mass is 9.97. The molecule has 2 rings (SSSR count). The van der Waals surface area contributed by atoms with Crippen LogP contribution in [0.1, 0.15) is 46.0 Å². The molecule has 1 atom stereocenters. The van der Waals surface area contributed by atoms with E-state index >= 15 is 0 Å². The highest BCUT2D eigenvalue weighted by Gasteiger charge is 2.41. The van der Waals surface area contributed by atoms with Crippen LogP contribution in [0.25, 0.3) is 0 Å². The number of amides is 2. The molecule has 5 nitrogen and oxygen atoms in total. The Morgan fingerprint density at radius 2 is 1.57 bits per heavy atom. The number of hydrogen-bond acceptors (Lipinski definition) is 2. The highest BCUT2D eigenvalue weighted by atomic mass is 16.4. The Labute approximate surface area is 126 Å². The summed E-state index contributed by atoms with van der Waals surface area (Å²) in [5, 5.41) is 14.8. The van der Waals surface area contributed by atoms with E-state index in [1.807, 2.05) is 13.8 Å². The molecule has 0 aromatic carbocycles. The van der Waals surface area contributed by atoms with Gasteiger partial charge in [0.2, 0.25) is 0 Å². The number of carbonyl (C=O) groups excluding carboxylic acids is 1. The van der Waals surface area contributed by atoms with E-state index in [0.29, 0.717) is 18.3 Å². The first-order valence-electron chi connectivity index (χ1n) is 8.21. The van der Waals surface area contributed by atoms with Gasteiger partial charge in [0.05, 0.1) is 5.92 Å². The average Bonchev–Trinajstić information content (AvgIpc) is 3.25. The zero-order valence-corrected chi connectivity index (χ0v) is 13.1. The molecule has 120 valence electrons. The molecule has 0 spiro atoms. The molecule has 2 fully saturated rings. The first-order valence-corrected chi connectivity index (χ1v) is 8.21. The molecule has 21 heavy (non-hydrogen) atoms. The molecule has 2 aliphatic rings. The molecule has 3 N–H and O–H groups in total. The monoisotopic (exact) mass is 296 g/mol. The molecule has 1 unspecified atom stereocenters. The van der Waals surface area contributed by atoms with Crippen molar-refractivity contribution in [1.29, 1.82) is 0 Å². The van der Waals surface area contributed by atoms with E-state index in [4.69, 9.17) is 5.11 Å². The molecule has 0 saturated heterocycles. The molecular formula is C16H28N2O3. The lowest BCUT2D eigenvalue weighted by molar-refractivity contribution is -0.142. The predicted molar refractivity (Wildman–Crippen MR) is 80.9 cm³/mol. The van der Waals surface area contributed by atoms with Gasteiger partial charge in [-0.05, 0) is 55.8 Å². The van der Waals surface area contributed by atoms with Crippen molar-refractivity contribution in [2.24, 2.45) is 29.6 Å². The smallest absolute Gasteiger partial charge is 0.314 e. The first-order chi connectivity index (χ1) is 9.97. The molecule has 0 aliphatic heterocycles. The fourth-order valence-corrected chi connectivity index (χ4v) is 3.10. The Hall–Kier alpha value is -1.26. The van der Waals surface area contributed by atoms with Gasteiger partial charge in [-0.15, -0.1) is 0 Å². The van der Waals surface area contributed by atoms with E-state index in [1.54, 1.807) is 0 Å². The van der Waals surface area contributed by atoms with Crippen molar-refractivity contribution < 1.29 is 14.7 Å². The second kappa shape index (κ2) is 7.14. The van der Waals surface area contributed by atoms with Crippen LogP contribution in [0.15, 0.2) is 0 Å². The van der Waals surface area contributed by atoms with Crippen molar-refractivity contribution in [3.8, 4) is 0 Å². The topological polar surface area (TPSA) is 78.4 Å². The maximum atomic E-state index is 11.8. The van der Waals surface area contributed by atoms with E-state index in [1.165, 1.54) is 25.7 Å². The minimum absolute atomic E-state index is 0.205. The minimum atomic E-state index is -0.835. The summed E-state index contributed by atoms with van der Waals surface area (Å²) in [6.45, 7) is 4.93. The van der Waals surface area contributed by atoms with Gasteiger partial charge in [0, 0.05) is 13.1 Å². The second-order valence-corrected chi connectivity index (χ2v) is 7.09. The van der Waals surface area contributed by atoms with Gasteiger partial charge in [0.25, 0.3) is 0 Å². The summed E-state index contributed by atoms with van der Waals surface area (Å²) in [5.74, 6) is 1.24. The lowest BCUT2D eigenvalue weighted by Gasteiger charge is -2.18. The summed E-state index contributed by atoms with van der Waals surface area (Å²) in [4.78, 5) is 23.0. The summed E-state index contributed by atoms with van der Waals surface area (Å²) < 4.78 is 0. The number of rotatable bonds is 9.